The van der Waals surface area contributed by atoms with E-state index in [1.165, 1.54) is 11.3 Å². The first kappa shape index (κ1) is 15.1. The molecule has 0 aliphatic carbocycles. The second kappa shape index (κ2) is 6.95. The first-order valence-electron chi connectivity index (χ1n) is 6.51. The summed E-state index contributed by atoms with van der Waals surface area (Å²) < 4.78 is 0.765. The quantitative estimate of drug-likeness (QED) is 0.863. The standard InChI is InChI=1S/C14H16BrN3OS/c1-3-6-9(2)13-17-18-14(20-13)16-12(19)10-7-4-5-8-11(10)15/h4-5,7-9H,3,6H2,1-2H3,(H,16,18,19)/t9-/m1/s1. The normalized spacial score (nSPS) is 12.2. The second-order valence-electron chi connectivity index (χ2n) is 4.57. The van der Waals surface area contributed by atoms with E-state index in [4.69, 9.17) is 0 Å². The van der Waals surface area contributed by atoms with E-state index in [0.29, 0.717) is 16.6 Å². The van der Waals surface area contributed by atoms with Crippen molar-refractivity contribution < 1.29 is 4.79 Å². The van der Waals surface area contributed by atoms with E-state index in [1.54, 1.807) is 6.07 Å². The Morgan fingerprint density at radius 2 is 2.15 bits per heavy atom. The van der Waals surface area contributed by atoms with Crippen LogP contribution in [0.25, 0.3) is 0 Å². The number of nitrogens with one attached hydrogen (secondary N) is 1. The van der Waals surface area contributed by atoms with Gasteiger partial charge in [-0.05, 0) is 34.5 Å². The van der Waals surface area contributed by atoms with Crippen LogP contribution in [-0.2, 0) is 0 Å². The summed E-state index contributed by atoms with van der Waals surface area (Å²) in [6.07, 6.45) is 2.19. The average molecular weight is 354 g/mol. The fourth-order valence-electron chi connectivity index (χ4n) is 1.85. The summed E-state index contributed by atoms with van der Waals surface area (Å²) in [5, 5.41) is 12.5. The molecular weight excluding hydrogens is 338 g/mol. The predicted molar refractivity (Wildman–Crippen MR) is 85.3 cm³/mol. The van der Waals surface area contributed by atoms with Crippen LogP contribution >= 0.6 is 27.3 Å². The highest BCUT2D eigenvalue weighted by Gasteiger charge is 2.15. The molecule has 0 aliphatic heterocycles. The van der Waals surface area contributed by atoms with Crippen molar-refractivity contribution in [1.82, 2.24) is 10.2 Å². The Labute approximate surface area is 130 Å². The summed E-state index contributed by atoms with van der Waals surface area (Å²) in [6, 6.07) is 7.30. The molecule has 0 radical (unpaired) electrons. The van der Waals surface area contributed by atoms with Crippen LogP contribution in [0, 0.1) is 0 Å². The van der Waals surface area contributed by atoms with Crippen molar-refractivity contribution in [3.05, 3.63) is 39.3 Å². The molecular formula is C14H16BrN3OS. The summed E-state index contributed by atoms with van der Waals surface area (Å²) in [5.74, 6) is 0.204. The lowest BCUT2D eigenvalue weighted by atomic mass is 10.1. The molecule has 0 fully saturated rings. The predicted octanol–water partition coefficient (Wildman–Crippen LogP) is 4.46. The minimum Gasteiger partial charge on any atom is -0.296 e. The van der Waals surface area contributed by atoms with Crippen LogP contribution in [0.5, 0.6) is 0 Å². The minimum absolute atomic E-state index is 0.177. The first-order valence-corrected chi connectivity index (χ1v) is 8.12. The number of amides is 1. The minimum atomic E-state index is -0.177. The maximum atomic E-state index is 12.1. The number of hydrogen-bond acceptors (Lipinski definition) is 4. The zero-order valence-corrected chi connectivity index (χ0v) is 13.8. The Balaban J connectivity index is 2.07. The van der Waals surface area contributed by atoms with Gasteiger partial charge in [0.25, 0.3) is 5.91 Å². The molecule has 1 atom stereocenters. The van der Waals surface area contributed by atoms with Crippen molar-refractivity contribution in [2.24, 2.45) is 0 Å². The Hall–Kier alpha value is -1.27. The zero-order chi connectivity index (χ0) is 14.5. The lowest BCUT2D eigenvalue weighted by Gasteiger charge is -2.04. The molecule has 0 saturated heterocycles. The van der Waals surface area contributed by atoms with Gasteiger partial charge in [0.15, 0.2) is 0 Å². The molecule has 0 saturated carbocycles. The third kappa shape index (κ3) is 3.64. The smallest absolute Gasteiger partial charge is 0.258 e. The molecule has 2 rings (SSSR count). The van der Waals surface area contributed by atoms with Gasteiger partial charge in [0.05, 0.1) is 5.56 Å². The van der Waals surface area contributed by atoms with Gasteiger partial charge in [-0.1, -0.05) is 43.7 Å². The fourth-order valence-corrected chi connectivity index (χ4v) is 3.14. The number of halogens is 1. The van der Waals surface area contributed by atoms with Gasteiger partial charge in [-0.15, -0.1) is 10.2 Å². The lowest BCUT2D eigenvalue weighted by molar-refractivity contribution is 0.102. The summed E-state index contributed by atoms with van der Waals surface area (Å²) in [6.45, 7) is 4.27. The molecule has 0 unspecified atom stereocenters. The highest BCUT2D eigenvalue weighted by molar-refractivity contribution is 9.10. The van der Waals surface area contributed by atoms with Crippen molar-refractivity contribution in [2.75, 3.05) is 5.32 Å². The molecule has 20 heavy (non-hydrogen) atoms. The van der Waals surface area contributed by atoms with Crippen molar-refractivity contribution in [3.63, 3.8) is 0 Å². The van der Waals surface area contributed by atoms with E-state index in [2.05, 4.69) is 45.3 Å². The molecule has 0 aliphatic rings. The molecule has 6 heteroatoms. The number of carbonyl (C=O) groups excluding carboxylic acids is 1. The van der Waals surface area contributed by atoms with E-state index < -0.39 is 0 Å². The molecule has 106 valence electrons. The molecule has 1 amide bonds. The summed E-state index contributed by atoms with van der Waals surface area (Å²) in [5.41, 5.74) is 0.589. The van der Waals surface area contributed by atoms with Gasteiger partial charge in [0.2, 0.25) is 5.13 Å². The van der Waals surface area contributed by atoms with Gasteiger partial charge in [0, 0.05) is 10.4 Å². The van der Waals surface area contributed by atoms with Gasteiger partial charge in [-0.3, -0.25) is 10.1 Å². The van der Waals surface area contributed by atoms with Crippen molar-refractivity contribution in [1.29, 1.82) is 0 Å². The molecule has 0 spiro atoms. The average Bonchev–Trinajstić information content (AvgIpc) is 2.88. The zero-order valence-electron chi connectivity index (χ0n) is 11.4. The SMILES string of the molecule is CCC[C@@H](C)c1nnc(NC(=O)c2ccccc2Br)s1. The number of hydrogen-bond donors (Lipinski definition) is 1. The number of benzene rings is 1. The summed E-state index contributed by atoms with van der Waals surface area (Å²) in [7, 11) is 0. The monoisotopic (exact) mass is 353 g/mol. The van der Waals surface area contributed by atoms with Crippen molar-refractivity contribution in [2.45, 2.75) is 32.6 Å². The van der Waals surface area contributed by atoms with E-state index in [1.807, 2.05) is 18.2 Å². The topological polar surface area (TPSA) is 54.9 Å². The van der Waals surface area contributed by atoms with Crippen LogP contribution in [0.2, 0.25) is 0 Å². The maximum absolute atomic E-state index is 12.1. The molecule has 0 bridgehead atoms. The Morgan fingerprint density at radius 3 is 2.85 bits per heavy atom. The highest BCUT2D eigenvalue weighted by Crippen LogP contribution is 2.27. The third-order valence-electron chi connectivity index (χ3n) is 2.92. The Bertz CT molecular complexity index is 600. The van der Waals surface area contributed by atoms with Crippen LogP contribution in [0.4, 0.5) is 5.13 Å². The molecule has 1 N–H and O–H groups in total. The number of anilines is 1. The molecule has 1 heterocycles. The van der Waals surface area contributed by atoms with Gasteiger partial charge < -0.3 is 0 Å². The maximum Gasteiger partial charge on any atom is 0.258 e. The van der Waals surface area contributed by atoms with Gasteiger partial charge in [-0.2, -0.15) is 0 Å². The number of aromatic nitrogens is 2. The van der Waals surface area contributed by atoms with E-state index in [-0.39, 0.29) is 5.91 Å². The molecule has 1 aromatic carbocycles. The van der Waals surface area contributed by atoms with Crippen LogP contribution in [0.15, 0.2) is 28.7 Å². The fraction of sp³-hybridized carbons (Fsp3) is 0.357. The van der Waals surface area contributed by atoms with Crippen LogP contribution < -0.4 is 5.32 Å². The molecule has 2 aromatic rings. The van der Waals surface area contributed by atoms with Crippen molar-refractivity contribution in [3.8, 4) is 0 Å². The Morgan fingerprint density at radius 1 is 1.40 bits per heavy atom. The Kier molecular flexibility index (Phi) is 5.25. The molecule has 1 aromatic heterocycles. The number of nitrogens with zero attached hydrogens (tertiary/aromatic N) is 2. The van der Waals surface area contributed by atoms with Crippen LogP contribution in [-0.4, -0.2) is 16.1 Å². The third-order valence-corrected chi connectivity index (χ3v) is 4.68. The number of rotatable bonds is 5. The lowest BCUT2D eigenvalue weighted by Crippen LogP contribution is -2.12. The van der Waals surface area contributed by atoms with Crippen LogP contribution in [0.1, 0.15) is 48.0 Å². The van der Waals surface area contributed by atoms with Gasteiger partial charge in [-0.25, -0.2) is 0 Å². The van der Waals surface area contributed by atoms with Crippen LogP contribution in [0.3, 0.4) is 0 Å². The largest absolute Gasteiger partial charge is 0.296 e. The second-order valence-corrected chi connectivity index (χ2v) is 6.43. The van der Waals surface area contributed by atoms with E-state index in [9.17, 15) is 4.79 Å². The van der Waals surface area contributed by atoms with Crippen molar-refractivity contribution >= 4 is 38.3 Å². The van der Waals surface area contributed by atoms with Gasteiger partial charge >= 0.3 is 0 Å². The summed E-state index contributed by atoms with van der Waals surface area (Å²) in [4.78, 5) is 12.1. The van der Waals surface area contributed by atoms with Gasteiger partial charge in [0.1, 0.15) is 5.01 Å². The molecule has 4 nitrogen and oxygen atoms in total. The summed E-state index contributed by atoms with van der Waals surface area (Å²) >= 11 is 4.81. The highest BCUT2D eigenvalue weighted by atomic mass is 79.9. The first-order chi connectivity index (χ1) is 9.61. The van der Waals surface area contributed by atoms with E-state index in [0.717, 1.165) is 22.3 Å². The number of carbonyl (C=O) groups is 1. The van der Waals surface area contributed by atoms with E-state index >= 15 is 0 Å².